The largest absolute Gasteiger partial charge is 0.495 e. The zero-order valence-corrected chi connectivity index (χ0v) is 13.0. The molecule has 0 saturated heterocycles. The Balaban J connectivity index is 2.26. The minimum absolute atomic E-state index is 0.189. The molecule has 5 heteroatoms. The molecule has 0 aliphatic rings. The van der Waals surface area contributed by atoms with E-state index < -0.39 is 0 Å². The first-order valence-electron chi connectivity index (χ1n) is 5.51. The number of hydrogen-bond donors (Lipinski definition) is 1. The lowest BCUT2D eigenvalue weighted by Crippen LogP contribution is -2.14. The summed E-state index contributed by atoms with van der Waals surface area (Å²) < 4.78 is 6.00. The van der Waals surface area contributed by atoms with Gasteiger partial charge in [0.05, 0.1) is 18.4 Å². The Hall–Kier alpha value is -1.27. The van der Waals surface area contributed by atoms with Crippen LogP contribution in [0.2, 0.25) is 5.02 Å². The average Bonchev–Trinajstić information content (AvgIpc) is 2.39. The van der Waals surface area contributed by atoms with E-state index in [1.54, 1.807) is 37.4 Å². The molecule has 0 saturated carbocycles. The molecule has 98 valence electrons. The number of amides is 1. The molecule has 0 unspecified atom stereocenters. The number of para-hydroxylation sites is 2. The molecular weight excluding hydrogens is 377 g/mol. The lowest BCUT2D eigenvalue weighted by atomic mass is 10.2. The summed E-state index contributed by atoms with van der Waals surface area (Å²) >= 11 is 7.96. The van der Waals surface area contributed by atoms with E-state index in [9.17, 15) is 4.79 Å². The second-order valence-corrected chi connectivity index (χ2v) is 5.38. The van der Waals surface area contributed by atoms with Crippen LogP contribution in [0.5, 0.6) is 5.75 Å². The number of anilines is 1. The van der Waals surface area contributed by atoms with E-state index in [0.717, 1.165) is 3.57 Å². The van der Waals surface area contributed by atoms with Crippen molar-refractivity contribution in [2.45, 2.75) is 0 Å². The fraction of sp³-hybridized carbons (Fsp3) is 0.0714. The van der Waals surface area contributed by atoms with Crippen molar-refractivity contribution in [1.82, 2.24) is 0 Å². The first-order valence-corrected chi connectivity index (χ1v) is 6.97. The molecule has 2 rings (SSSR count). The topological polar surface area (TPSA) is 38.3 Å². The van der Waals surface area contributed by atoms with E-state index in [4.69, 9.17) is 16.3 Å². The summed E-state index contributed by atoms with van der Waals surface area (Å²) in [4.78, 5) is 12.2. The molecule has 2 aromatic carbocycles. The number of halogens is 2. The first-order chi connectivity index (χ1) is 9.11. The second kappa shape index (κ2) is 6.25. The van der Waals surface area contributed by atoms with E-state index in [1.807, 2.05) is 12.1 Å². The van der Waals surface area contributed by atoms with E-state index in [-0.39, 0.29) is 5.91 Å². The standard InChI is InChI=1S/C14H11ClINO2/c1-19-13-5-3-2-4-12(13)17-14(18)10-7-6-9(15)8-11(10)16/h2-8H,1H3,(H,17,18). The molecule has 0 bridgehead atoms. The molecule has 1 amide bonds. The molecule has 3 nitrogen and oxygen atoms in total. The fourth-order valence-electron chi connectivity index (χ4n) is 1.61. The Morgan fingerprint density at radius 3 is 2.68 bits per heavy atom. The monoisotopic (exact) mass is 387 g/mol. The number of methoxy groups -OCH3 is 1. The van der Waals surface area contributed by atoms with Crippen LogP contribution in [0.3, 0.4) is 0 Å². The van der Waals surface area contributed by atoms with Gasteiger partial charge >= 0.3 is 0 Å². The van der Waals surface area contributed by atoms with Gasteiger partial charge in [-0.1, -0.05) is 23.7 Å². The highest BCUT2D eigenvalue weighted by Crippen LogP contribution is 2.25. The quantitative estimate of drug-likeness (QED) is 0.802. The SMILES string of the molecule is COc1ccccc1NC(=O)c1ccc(Cl)cc1I. The molecule has 0 fully saturated rings. The predicted octanol–water partition coefficient (Wildman–Crippen LogP) is 4.21. The Kier molecular flexibility index (Phi) is 4.66. The van der Waals surface area contributed by atoms with Gasteiger partial charge < -0.3 is 10.1 Å². The van der Waals surface area contributed by atoms with E-state index in [0.29, 0.717) is 22.0 Å². The normalized spacial score (nSPS) is 10.1. The lowest BCUT2D eigenvalue weighted by Gasteiger charge is -2.10. The number of hydrogen-bond acceptors (Lipinski definition) is 2. The van der Waals surface area contributed by atoms with Crippen LogP contribution in [0.15, 0.2) is 42.5 Å². The number of rotatable bonds is 3. The average molecular weight is 388 g/mol. The van der Waals surface area contributed by atoms with Crippen LogP contribution in [0.25, 0.3) is 0 Å². The van der Waals surface area contributed by atoms with Crippen molar-refractivity contribution >= 4 is 45.8 Å². The van der Waals surface area contributed by atoms with Crippen molar-refractivity contribution in [3.63, 3.8) is 0 Å². The van der Waals surface area contributed by atoms with Gasteiger partial charge in [-0.15, -0.1) is 0 Å². The molecule has 0 radical (unpaired) electrons. The van der Waals surface area contributed by atoms with Crippen LogP contribution in [-0.2, 0) is 0 Å². The van der Waals surface area contributed by atoms with E-state index in [2.05, 4.69) is 27.9 Å². The second-order valence-electron chi connectivity index (χ2n) is 3.78. The van der Waals surface area contributed by atoms with Crippen LogP contribution in [0.1, 0.15) is 10.4 Å². The van der Waals surface area contributed by atoms with Gasteiger partial charge in [0, 0.05) is 8.59 Å². The summed E-state index contributed by atoms with van der Waals surface area (Å²) in [5.41, 5.74) is 1.22. The van der Waals surface area contributed by atoms with Crippen molar-refractivity contribution in [3.05, 3.63) is 56.6 Å². The first kappa shape index (κ1) is 14.1. The highest BCUT2D eigenvalue weighted by Gasteiger charge is 2.12. The zero-order valence-electron chi connectivity index (χ0n) is 10.1. The van der Waals surface area contributed by atoms with Crippen LogP contribution in [0.4, 0.5) is 5.69 Å². The third-order valence-electron chi connectivity index (χ3n) is 2.53. The third-order valence-corrected chi connectivity index (χ3v) is 3.66. The van der Waals surface area contributed by atoms with Crippen molar-refractivity contribution in [2.75, 3.05) is 12.4 Å². The molecule has 0 heterocycles. The molecule has 19 heavy (non-hydrogen) atoms. The number of benzene rings is 2. The summed E-state index contributed by atoms with van der Waals surface area (Å²) in [5, 5.41) is 3.44. The summed E-state index contributed by atoms with van der Waals surface area (Å²) in [6, 6.07) is 12.4. The lowest BCUT2D eigenvalue weighted by molar-refractivity contribution is 0.102. The Bertz CT molecular complexity index is 616. The zero-order chi connectivity index (χ0) is 13.8. The number of ether oxygens (including phenoxy) is 1. The minimum atomic E-state index is -0.189. The van der Waals surface area contributed by atoms with Crippen molar-refractivity contribution in [2.24, 2.45) is 0 Å². The van der Waals surface area contributed by atoms with Gasteiger partial charge in [-0.25, -0.2) is 0 Å². The van der Waals surface area contributed by atoms with Gasteiger partial charge in [-0.2, -0.15) is 0 Å². The summed E-state index contributed by atoms with van der Waals surface area (Å²) in [6.07, 6.45) is 0. The molecule has 0 aromatic heterocycles. The smallest absolute Gasteiger partial charge is 0.256 e. The van der Waals surface area contributed by atoms with Gasteiger partial charge in [-0.3, -0.25) is 4.79 Å². The van der Waals surface area contributed by atoms with Gasteiger partial charge in [0.1, 0.15) is 5.75 Å². The molecule has 0 aliphatic heterocycles. The van der Waals surface area contributed by atoms with Gasteiger partial charge in [0.2, 0.25) is 0 Å². The number of carbonyl (C=O) groups is 1. The Labute approximate surface area is 130 Å². The van der Waals surface area contributed by atoms with E-state index >= 15 is 0 Å². The molecule has 1 N–H and O–H groups in total. The maximum absolute atomic E-state index is 12.2. The Morgan fingerprint density at radius 1 is 1.26 bits per heavy atom. The minimum Gasteiger partial charge on any atom is -0.495 e. The van der Waals surface area contributed by atoms with Crippen molar-refractivity contribution < 1.29 is 9.53 Å². The van der Waals surface area contributed by atoms with Crippen molar-refractivity contribution in [3.8, 4) is 5.75 Å². The molecule has 0 spiro atoms. The van der Waals surface area contributed by atoms with Crippen LogP contribution in [0, 0.1) is 3.57 Å². The molecule has 2 aromatic rings. The molecule has 0 atom stereocenters. The molecular formula is C14H11ClINO2. The van der Waals surface area contributed by atoms with Crippen LogP contribution < -0.4 is 10.1 Å². The summed E-state index contributed by atoms with van der Waals surface area (Å²) in [7, 11) is 1.57. The van der Waals surface area contributed by atoms with Gasteiger partial charge in [0.15, 0.2) is 0 Å². The van der Waals surface area contributed by atoms with Gasteiger partial charge in [-0.05, 0) is 52.9 Å². The summed E-state index contributed by atoms with van der Waals surface area (Å²) in [6.45, 7) is 0. The highest BCUT2D eigenvalue weighted by molar-refractivity contribution is 14.1. The number of nitrogens with one attached hydrogen (secondary N) is 1. The summed E-state index contributed by atoms with van der Waals surface area (Å²) in [5.74, 6) is 0.436. The van der Waals surface area contributed by atoms with Crippen LogP contribution in [-0.4, -0.2) is 13.0 Å². The Morgan fingerprint density at radius 2 is 2.00 bits per heavy atom. The fourth-order valence-corrected chi connectivity index (χ4v) is 2.73. The third kappa shape index (κ3) is 3.39. The highest BCUT2D eigenvalue weighted by atomic mass is 127. The maximum atomic E-state index is 12.2. The van der Waals surface area contributed by atoms with E-state index in [1.165, 1.54) is 0 Å². The predicted molar refractivity (Wildman–Crippen MR) is 85.1 cm³/mol. The van der Waals surface area contributed by atoms with Crippen molar-refractivity contribution in [1.29, 1.82) is 0 Å². The number of carbonyl (C=O) groups excluding carboxylic acids is 1. The van der Waals surface area contributed by atoms with Crippen LogP contribution >= 0.6 is 34.2 Å². The maximum Gasteiger partial charge on any atom is 0.256 e. The molecule has 0 aliphatic carbocycles. The van der Waals surface area contributed by atoms with Gasteiger partial charge in [0.25, 0.3) is 5.91 Å².